The fraction of sp³-hybridized carbons (Fsp3) is 0.438. The van der Waals surface area contributed by atoms with Crippen LogP contribution >= 0.6 is 0 Å². The van der Waals surface area contributed by atoms with Crippen LogP contribution in [0.1, 0.15) is 24.8 Å². The molecule has 3 rings (SSSR count). The Morgan fingerprint density at radius 3 is 2.68 bits per heavy atom. The van der Waals surface area contributed by atoms with Gasteiger partial charge < -0.3 is 9.47 Å². The van der Waals surface area contributed by atoms with E-state index >= 15 is 0 Å². The molecule has 0 bridgehead atoms. The lowest BCUT2D eigenvalue weighted by molar-refractivity contribution is 0.221. The van der Waals surface area contributed by atoms with Crippen LogP contribution in [0.4, 0.5) is 0 Å². The molecule has 0 radical (unpaired) electrons. The lowest BCUT2D eigenvalue weighted by Gasteiger charge is -2.26. The number of piperidine rings is 1. The second-order valence-electron chi connectivity index (χ2n) is 5.30. The summed E-state index contributed by atoms with van der Waals surface area (Å²) >= 11 is 0. The van der Waals surface area contributed by atoms with Crippen molar-refractivity contribution in [2.45, 2.75) is 25.8 Å². The topological polar surface area (TPSA) is 32.0 Å². The number of likely N-dealkylation sites (tertiary alicyclic amines) is 1. The largest absolute Gasteiger partial charge is 0.346 e. The highest BCUT2D eigenvalue weighted by Crippen LogP contribution is 2.18. The Balaban J connectivity index is 1.72. The van der Waals surface area contributed by atoms with E-state index in [9.17, 15) is 0 Å². The first-order valence-corrected chi connectivity index (χ1v) is 7.08. The Kier molecular flexibility index (Phi) is 3.52. The van der Waals surface area contributed by atoms with Crippen molar-refractivity contribution < 1.29 is 0 Å². The molecule has 1 saturated heterocycles. The lowest BCUT2D eigenvalue weighted by Crippen LogP contribution is -2.32. The molecule has 0 N–H and O–H groups in total. The van der Waals surface area contributed by atoms with Gasteiger partial charge in [-0.3, -0.25) is 0 Å². The molecular formula is C16H19N3. The van der Waals surface area contributed by atoms with Crippen molar-refractivity contribution in [2.24, 2.45) is 0 Å². The molecule has 2 aromatic rings. The maximum absolute atomic E-state index is 8.91. The van der Waals surface area contributed by atoms with E-state index in [0.29, 0.717) is 0 Å². The summed E-state index contributed by atoms with van der Waals surface area (Å²) in [5.41, 5.74) is 1.97. The van der Waals surface area contributed by atoms with Crippen molar-refractivity contribution >= 4 is 10.9 Å². The van der Waals surface area contributed by atoms with E-state index in [2.05, 4.69) is 33.9 Å². The number of rotatable bonds is 3. The summed E-state index contributed by atoms with van der Waals surface area (Å²) < 4.78 is 2.30. The first kappa shape index (κ1) is 12.3. The van der Waals surface area contributed by atoms with Gasteiger partial charge in [0.05, 0.1) is 11.6 Å². The van der Waals surface area contributed by atoms with Gasteiger partial charge in [-0.2, -0.15) is 5.26 Å². The summed E-state index contributed by atoms with van der Waals surface area (Å²) in [5.74, 6) is 0. The molecule has 1 aromatic carbocycles. The van der Waals surface area contributed by atoms with Gasteiger partial charge >= 0.3 is 0 Å². The van der Waals surface area contributed by atoms with Gasteiger partial charge in [0.25, 0.3) is 0 Å². The Hall–Kier alpha value is -1.79. The van der Waals surface area contributed by atoms with E-state index in [1.54, 1.807) is 0 Å². The fourth-order valence-corrected chi connectivity index (χ4v) is 2.90. The highest BCUT2D eigenvalue weighted by Gasteiger charge is 2.10. The van der Waals surface area contributed by atoms with Crippen molar-refractivity contribution in [3.63, 3.8) is 0 Å². The minimum absolute atomic E-state index is 0.737. The van der Waals surface area contributed by atoms with Crippen molar-refractivity contribution in [2.75, 3.05) is 19.6 Å². The van der Waals surface area contributed by atoms with Gasteiger partial charge in [-0.25, -0.2) is 0 Å². The summed E-state index contributed by atoms with van der Waals surface area (Å²) in [7, 11) is 0. The summed E-state index contributed by atoms with van der Waals surface area (Å²) in [6.45, 7) is 4.66. The maximum Gasteiger partial charge on any atom is 0.0991 e. The monoisotopic (exact) mass is 253 g/mol. The van der Waals surface area contributed by atoms with Crippen LogP contribution in [0, 0.1) is 11.3 Å². The Morgan fingerprint density at radius 1 is 1.05 bits per heavy atom. The van der Waals surface area contributed by atoms with Crippen LogP contribution in [-0.4, -0.2) is 29.1 Å². The van der Waals surface area contributed by atoms with Crippen LogP contribution in [0.3, 0.4) is 0 Å². The van der Waals surface area contributed by atoms with Crippen LogP contribution < -0.4 is 0 Å². The summed E-state index contributed by atoms with van der Waals surface area (Å²) in [6, 6.07) is 10.2. The van der Waals surface area contributed by atoms with Crippen molar-refractivity contribution in [3.8, 4) is 6.07 Å². The smallest absolute Gasteiger partial charge is 0.0991 e. The number of hydrogen-bond acceptors (Lipinski definition) is 2. The predicted octanol–water partition coefficient (Wildman–Crippen LogP) is 3.00. The zero-order chi connectivity index (χ0) is 13.1. The van der Waals surface area contributed by atoms with Gasteiger partial charge in [0.1, 0.15) is 0 Å². The molecule has 0 spiro atoms. The highest BCUT2D eigenvalue weighted by molar-refractivity contribution is 5.81. The number of fused-ring (bicyclic) bond motifs is 1. The third-order valence-corrected chi connectivity index (χ3v) is 4.01. The normalized spacial score (nSPS) is 16.6. The molecule has 3 heteroatoms. The van der Waals surface area contributed by atoms with E-state index in [4.69, 9.17) is 5.26 Å². The molecule has 0 aliphatic carbocycles. The van der Waals surface area contributed by atoms with E-state index in [0.717, 1.165) is 24.0 Å². The van der Waals surface area contributed by atoms with E-state index in [1.165, 1.54) is 37.9 Å². The zero-order valence-corrected chi connectivity index (χ0v) is 11.2. The highest BCUT2D eigenvalue weighted by atomic mass is 15.1. The molecule has 0 saturated carbocycles. The number of benzene rings is 1. The molecule has 98 valence electrons. The first-order valence-electron chi connectivity index (χ1n) is 7.08. The molecule has 2 heterocycles. The van der Waals surface area contributed by atoms with Crippen LogP contribution in [0.25, 0.3) is 10.9 Å². The van der Waals surface area contributed by atoms with Gasteiger partial charge in [-0.15, -0.1) is 0 Å². The number of nitrogens with zero attached hydrogens (tertiary/aromatic N) is 3. The standard InChI is InChI=1S/C16H19N3/c17-13-14-4-5-16-15(12-14)6-9-19(16)11-10-18-7-2-1-3-8-18/h4-6,9,12H,1-3,7-8,10-11H2. The van der Waals surface area contributed by atoms with Crippen molar-refractivity contribution in [1.82, 2.24) is 9.47 Å². The Bertz CT molecular complexity index is 600. The van der Waals surface area contributed by atoms with Gasteiger partial charge in [0.15, 0.2) is 0 Å². The average Bonchev–Trinajstić information content (AvgIpc) is 2.88. The summed E-state index contributed by atoms with van der Waals surface area (Å²) in [6.07, 6.45) is 6.21. The molecule has 0 unspecified atom stereocenters. The second kappa shape index (κ2) is 5.46. The van der Waals surface area contributed by atoms with E-state index in [1.807, 2.05) is 12.1 Å². The van der Waals surface area contributed by atoms with Crippen molar-refractivity contribution in [3.05, 3.63) is 36.0 Å². The van der Waals surface area contributed by atoms with Gasteiger partial charge in [-0.1, -0.05) is 6.42 Å². The maximum atomic E-state index is 8.91. The van der Waals surface area contributed by atoms with Crippen LogP contribution in [-0.2, 0) is 6.54 Å². The van der Waals surface area contributed by atoms with Crippen molar-refractivity contribution in [1.29, 1.82) is 5.26 Å². The number of nitriles is 1. The second-order valence-corrected chi connectivity index (χ2v) is 5.30. The third-order valence-electron chi connectivity index (χ3n) is 4.01. The molecule has 1 aliphatic rings. The molecule has 0 atom stereocenters. The van der Waals surface area contributed by atoms with E-state index < -0.39 is 0 Å². The minimum atomic E-state index is 0.737. The molecule has 0 amide bonds. The molecule has 19 heavy (non-hydrogen) atoms. The Morgan fingerprint density at radius 2 is 1.89 bits per heavy atom. The van der Waals surface area contributed by atoms with Gasteiger partial charge in [-0.05, 0) is 50.2 Å². The fourth-order valence-electron chi connectivity index (χ4n) is 2.90. The zero-order valence-electron chi connectivity index (χ0n) is 11.2. The quantitative estimate of drug-likeness (QED) is 0.842. The number of hydrogen-bond donors (Lipinski definition) is 0. The average molecular weight is 253 g/mol. The minimum Gasteiger partial charge on any atom is -0.346 e. The predicted molar refractivity (Wildman–Crippen MR) is 76.9 cm³/mol. The number of aromatic nitrogens is 1. The van der Waals surface area contributed by atoms with E-state index in [-0.39, 0.29) is 0 Å². The van der Waals surface area contributed by atoms with Gasteiger partial charge in [0, 0.05) is 30.2 Å². The SMILES string of the molecule is N#Cc1ccc2c(ccn2CCN2CCCCC2)c1. The Labute approximate surface area is 114 Å². The van der Waals surface area contributed by atoms with Crippen LogP contribution in [0.2, 0.25) is 0 Å². The summed E-state index contributed by atoms with van der Waals surface area (Å²) in [4.78, 5) is 2.55. The molecule has 1 aliphatic heterocycles. The molecule has 1 fully saturated rings. The lowest BCUT2D eigenvalue weighted by atomic mass is 10.1. The molecular weight excluding hydrogens is 234 g/mol. The summed E-state index contributed by atoms with van der Waals surface area (Å²) in [5, 5.41) is 10.1. The van der Waals surface area contributed by atoms with Crippen LogP contribution in [0.5, 0.6) is 0 Å². The first-order chi connectivity index (χ1) is 9.36. The third kappa shape index (κ3) is 2.64. The van der Waals surface area contributed by atoms with Gasteiger partial charge in [0.2, 0.25) is 0 Å². The molecule has 1 aromatic heterocycles. The van der Waals surface area contributed by atoms with Crippen LogP contribution in [0.15, 0.2) is 30.5 Å². The molecule has 3 nitrogen and oxygen atoms in total.